The number of hydrogen-bond donors (Lipinski definition) is 2. The molecule has 0 spiro atoms. The SMILES string of the molecule is NC1=NC(c2ccccc2)(c2ccccc2)C(=O)N1Cc1cccc(C(=O)NCCN2CCOCC2)c1. The van der Waals surface area contributed by atoms with Crippen molar-refractivity contribution >= 4 is 17.8 Å². The number of aliphatic imine (C=N–C) groups is 1. The molecule has 1 saturated heterocycles. The number of ether oxygens (including phenoxy) is 1. The van der Waals surface area contributed by atoms with Crippen LogP contribution in [0.4, 0.5) is 0 Å². The number of nitrogens with two attached hydrogens (primary N) is 1. The van der Waals surface area contributed by atoms with Gasteiger partial charge in [-0.05, 0) is 28.8 Å². The van der Waals surface area contributed by atoms with E-state index in [-0.39, 0.29) is 24.3 Å². The van der Waals surface area contributed by atoms with Crippen molar-refractivity contribution in [1.29, 1.82) is 0 Å². The van der Waals surface area contributed by atoms with E-state index in [0.29, 0.717) is 12.1 Å². The quantitative estimate of drug-likeness (QED) is 0.498. The van der Waals surface area contributed by atoms with Crippen LogP contribution in [0.25, 0.3) is 0 Å². The summed E-state index contributed by atoms with van der Waals surface area (Å²) in [6, 6.07) is 26.2. The van der Waals surface area contributed by atoms with Gasteiger partial charge < -0.3 is 15.8 Å². The number of hydrogen-bond acceptors (Lipinski definition) is 6. The standard InChI is InChI=1S/C29H31N5O3/c30-28-32-29(24-10-3-1-4-11-24,25-12-5-2-6-13-25)27(36)34(28)21-22-8-7-9-23(20-22)26(35)31-14-15-33-16-18-37-19-17-33/h1-13,20H,14-19,21H2,(H2,30,32)(H,31,35). The third-order valence-electron chi connectivity index (χ3n) is 6.84. The second-order valence-electron chi connectivity index (χ2n) is 9.21. The van der Waals surface area contributed by atoms with Gasteiger partial charge in [0.2, 0.25) is 0 Å². The molecule has 3 aromatic rings. The minimum absolute atomic E-state index is 0.146. The van der Waals surface area contributed by atoms with Crippen molar-refractivity contribution in [2.75, 3.05) is 39.4 Å². The summed E-state index contributed by atoms with van der Waals surface area (Å²) in [5.41, 5.74) is 7.96. The molecule has 2 aliphatic rings. The summed E-state index contributed by atoms with van der Waals surface area (Å²) in [5, 5.41) is 2.99. The van der Waals surface area contributed by atoms with Crippen LogP contribution >= 0.6 is 0 Å². The molecule has 2 heterocycles. The number of morpholine rings is 1. The molecule has 3 N–H and O–H groups in total. The average molecular weight is 498 g/mol. The molecule has 190 valence electrons. The van der Waals surface area contributed by atoms with E-state index in [0.717, 1.165) is 49.5 Å². The fraction of sp³-hybridized carbons (Fsp3) is 0.276. The minimum Gasteiger partial charge on any atom is -0.379 e. The Labute approximate surface area is 216 Å². The smallest absolute Gasteiger partial charge is 0.266 e. The Hall–Kier alpha value is -4.01. The fourth-order valence-electron chi connectivity index (χ4n) is 4.88. The lowest BCUT2D eigenvalue weighted by Gasteiger charge is -2.27. The van der Waals surface area contributed by atoms with Crippen molar-refractivity contribution in [3.8, 4) is 0 Å². The largest absolute Gasteiger partial charge is 0.379 e. The van der Waals surface area contributed by atoms with Gasteiger partial charge in [-0.15, -0.1) is 0 Å². The van der Waals surface area contributed by atoms with Crippen molar-refractivity contribution < 1.29 is 14.3 Å². The van der Waals surface area contributed by atoms with Gasteiger partial charge in [0.15, 0.2) is 11.5 Å². The van der Waals surface area contributed by atoms with Crippen molar-refractivity contribution in [2.45, 2.75) is 12.1 Å². The second kappa shape index (κ2) is 10.9. The number of carbonyl (C=O) groups is 2. The molecule has 0 saturated carbocycles. The van der Waals surface area contributed by atoms with E-state index in [9.17, 15) is 9.59 Å². The van der Waals surface area contributed by atoms with Gasteiger partial charge in [-0.25, -0.2) is 4.99 Å². The number of guanidine groups is 1. The van der Waals surface area contributed by atoms with Gasteiger partial charge in [0.1, 0.15) is 0 Å². The molecule has 2 amide bonds. The van der Waals surface area contributed by atoms with Crippen LogP contribution in [-0.2, 0) is 21.6 Å². The van der Waals surface area contributed by atoms with E-state index < -0.39 is 5.54 Å². The predicted molar refractivity (Wildman–Crippen MR) is 142 cm³/mol. The van der Waals surface area contributed by atoms with Crippen LogP contribution in [0.15, 0.2) is 89.9 Å². The second-order valence-corrected chi connectivity index (χ2v) is 9.21. The molecule has 0 aliphatic carbocycles. The summed E-state index contributed by atoms with van der Waals surface area (Å²) in [6.45, 7) is 4.78. The molecule has 8 heteroatoms. The molecular formula is C29H31N5O3. The summed E-state index contributed by atoms with van der Waals surface area (Å²) in [6.07, 6.45) is 0. The van der Waals surface area contributed by atoms with E-state index >= 15 is 0 Å². The number of rotatable bonds is 8. The normalized spacial score (nSPS) is 17.5. The summed E-state index contributed by atoms with van der Waals surface area (Å²) < 4.78 is 5.37. The molecule has 37 heavy (non-hydrogen) atoms. The van der Waals surface area contributed by atoms with E-state index in [1.54, 1.807) is 12.1 Å². The Morgan fingerprint density at radius 1 is 0.946 bits per heavy atom. The monoisotopic (exact) mass is 497 g/mol. The number of amides is 2. The van der Waals surface area contributed by atoms with E-state index in [1.165, 1.54) is 4.90 Å². The van der Waals surface area contributed by atoms with Gasteiger partial charge in [0, 0.05) is 31.7 Å². The van der Waals surface area contributed by atoms with Crippen LogP contribution in [0.3, 0.4) is 0 Å². The third kappa shape index (κ3) is 5.12. The van der Waals surface area contributed by atoms with Crippen LogP contribution in [0.2, 0.25) is 0 Å². The minimum atomic E-state index is -1.25. The molecular weight excluding hydrogens is 466 g/mol. The van der Waals surface area contributed by atoms with Crippen molar-refractivity contribution in [2.24, 2.45) is 10.7 Å². The number of nitrogens with zero attached hydrogens (tertiary/aromatic N) is 3. The number of benzene rings is 3. The van der Waals surface area contributed by atoms with Crippen molar-refractivity contribution in [3.63, 3.8) is 0 Å². The first-order chi connectivity index (χ1) is 18.1. The molecule has 0 unspecified atom stereocenters. The molecule has 0 atom stereocenters. The third-order valence-corrected chi connectivity index (χ3v) is 6.84. The molecule has 8 nitrogen and oxygen atoms in total. The van der Waals surface area contributed by atoms with Gasteiger partial charge in [0.05, 0.1) is 19.8 Å². The van der Waals surface area contributed by atoms with E-state index in [1.807, 2.05) is 72.8 Å². The lowest BCUT2D eigenvalue weighted by Crippen LogP contribution is -2.43. The first-order valence-electron chi connectivity index (χ1n) is 12.5. The Morgan fingerprint density at radius 2 is 1.59 bits per heavy atom. The molecule has 5 rings (SSSR count). The zero-order chi connectivity index (χ0) is 25.7. The van der Waals surface area contributed by atoms with Gasteiger partial charge >= 0.3 is 0 Å². The zero-order valence-corrected chi connectivity index (χ0v) is 20.7. The van der Waals surface area contributed by atoms with Crippen LogP contribution in [0.1, 0.15) is 27.0 Å². The van der Waals surface area contributed by atoms with Gasteiger partial charge in [-0.1, -0.05) is 72.8 Å². The highest BCUT2D eigenvalue weighted by Crippen LogP contribution is 2.39. The number of carbonyl (C=O) groups excluding carboxylic acids is 2. The van der Waals surface area contributed by atoms with E-state index in [2.05, 4.69) is 10.2 Å². The maximum Gasteiger partial charge on any atom is 0.266 e. The average Bonchev–Trinajstić information content (AvgIpc) is 3.20. The highest BCUT2D eigenvalue weighted by molar-refractivity contribution is 6.09. The highest BCUT2D eigenvalue weighted by atomic mass is 16.5. The summed E-state index contributed by atoms with van der Waals surface area (Å²) >= 11 is 0. The summed E-state index contributed by atoms with van der Waals surface area (Å²) in [5.74, 6) is -0.215. The first-order valence-corrected chi connectivity index (χ1v) is 12.5. The van der Waals surface area contributed by atoms with Gasteiger partial charge in [-0.3, -0.25) is 19.4 Å². The molecule has 1 fully saturated rings. The lowest BCUT2D eigenvalue weighted by atomic mass is 9.83. The molecule has 0 radical (unpaired) electrons. The van der Waals surface area contributed by atoms with Crippen molar-refractivity contribution in [1.82, 2.24) is 15.1 Å². The molecule has 0 bridgehead atoms. The lowest BCUT2D eigenvalue weighted by molar-refractivity contribution is -0.130. The number of nitrogens with one attached hydrogen (secondary N) is 1. The van der Waals surface area contributed by atoms with Crippen LogP contribution in [-0.4, -0.2) is 67.0 Å². The van der Waals surface area contributed by atoms with Gasteiger partial charge in [0.25, 0.3) is 11.8 Å². The van der Waals surface area contributed by atoms with Crippen LogP contribution in [0, 0.1) is 0 Å². The van der Waals surface area contributed by atoms with Gasteiger partial charge in [-0.2, -0.15) is 0 Å². The fourth-order valence-corrected chi connectivity index (χ4v) is 4.88. The van der Waals surface area contributed by atoms with Crippen LogP contribution in [0.5, 0.6) is 0 Å². The highest BCUT2D eigenvalue weighted by Gasteiger charge is 2.50. The molecule has 2 aliphatic heterocycles. The first kappa shape index (κ1) is 24.7. The van der Waals surface area contributed by atoms with Crippen molar-refractivity contribution in [3.05, 3.63) is 107 Å². The summed E-state index contributed by atoms with van der Waals surface area (Å²) in [7, 11) is 0. The Morgan fingerprint density at radius 3 is 2.24 bits per heavy atom. The molecule has 0 aromatic heterocycles. The van der Waals surface area contributed by atoms with Crippen LogP contribution < -0.4 is 11.1 Å². The van der Waals surface area contributed by atoms with E-state index in [4.69, 9.17) is 15.5 Å². The topological polar surface area (TPSA) is 100 Å². The summed E-state index contributed by atoms with van der Waals surface area (Å²) in [4.78, 5) is 35.3. The molecule has 3 aromatic carbocycles. The maximum atomic E-state index is 14.0. The predicted octanol–water partition coefficient (Wildman–Crippen LogP) is 2.35. The Bertz CT molecular complexity index is 1230. The Kier molecular flexibility index (Phi) is 7.30. The Balaban J connectivity index is 1.32. The zero-order valence-electron chi connectivity index (χ0n) is 20.7. The maximum absolute atomic E-state index is 14.0.